The van der Waals surface area contributed by atoms with Crippen molar-refractivity contribution in [3.63, 3.8) is 0 Å². The summed E-state index contributed by atoms with van der Waals surface area (Å²) in [6.45, 7) is 0. The maximum absolute atomic E-state index is 11.7. The van der Waals surface area contributed by atoms with E-state index < -0.39 is 11.9 Å². The summed E-state index contributed by atoms with van der Waals surface area (Å²) in [5.74, 6) is -1.64. The Balaban J connectivity index is 2.11. The molecule has 6 nitrogen and oxygen atoms in total. The van der Waals surface area contributed by atoms with Gasteiger partial charge in [0.15, 0.2) is 11.4 Å². The molecule has 0 aliphatic heterocycles. The number of ether oxygens (including phenoxy) is 1. The number of carboxylic acids is 1. The Morgan fingerprint density at radius 3 is 2.16 bits per heavy atom. The normalized spacial score (nSPS) is 9.95. The lowest BCUT2D eigenvalue weighted by Crippen LogP contribution is -2.12. The minimum atomic E-state index is -1.22. The van der Waals surface area contributed by atoms with Gasteiger partial charge in [-0.15, -0.1) is 0 Å². The zero-order valence-electron chi connectivity index (χ0n) is 9.41. The summed E-state index contributed by atoms with van der Waals surface area (Å²) in [4.78, 5) is 29.5. The second kappa shape index (κ2) is 5.45. The zero-order chi connectivity index (χ0) is 13.8. The van der Waals surface area contributed by atoms with E-state index in [-0.39, 0.29) is 11.4 Å². The highest BCUT2D eigenvalue weighted by atomic mass is 35.5. The van der Waals surface area contributed by atoms with Crippen LogP contribution in [0.2, 0.25) is 5.02 Å². The van der Waals surface area contributed by atoms with Gasteiger partial charge >= 0.3 is 11.9 Å². The standard InChI is InChI=1S/C12H7ClN2O4/c13-7-1-3-8(4-2-7)19-12(18)10-6-14-9(5-15-10)11(16)17/h1-6H,(H,16,17). The Hall–Kier alpha value is -2.47. The summed E-state index contributed by atoms with van der Waals surface area (Å²) in [5, 5.41) is 9.16. The number of nitrogens with zero attached hydrogens (tertiary/aromatic N) is 2. The third-order valence-electron chi connectivity index (χ3n) is 2.10. The van der Waals surface area contributed by atoms with Gasteiger partial charge < -0.3 is 9.84 Å². The lowest BCUT2D eigenvalue weighted by Gasteiger charge is -2.03. The van der Waals surface area contributed by atoms with Crippen LogP contribution in [0.3, 0.4) is 0 Å². The van der Waals surface area contributed by atoms with E-state index in [0.29, 0.717) is 10.8 Å². The molecule has 0 bridgehead atoms. The van der Waals surface area contributed by atoms with Crippen LogP contribution in [0, 0.1) is 0 Å². The molecule has 0 spiro atoms. The van der Waals surface area contributed by atoms with E-state index >= 15 is 0 Å². The van der Waals surface area contributed by atoms with Crippen LogP contribution in [0.1, 0.15) is 21.0 Å². The molecule has 0 saturated carbocycles. The number of halogens is 1. The van der Waals surface area contributed by atoms with E-state index in [0.717, 1.165) is 12.4 Å². The Kier molecular flexibility index (Phi) is 3.72. The van der Waals surface area contributed by atoms with Crippen LogP contribution in [0.5, 0.6) is 5.75 Å². The monoisotopic (exact) mass is 278 g/mol. The molecule has 1 aromatic carbocycles. The summed E-state index contributed by atoms with van der Waals surface area (Å²) < 4.78 is 5.01. The smallest absolute Gasteiger partial charge is 0.363 e. The topological polar surface area (TPSA) is 89.4 Å². The Morgan fingerprint density at radius 2 is 1.63 bits per heavy atom. The molecule has 0 amide bonds. The van der Waals surface area contributed by atoms with Crippen LogP contribution in [-0.2, 0) is 0 Å². The van der Waals surface area contributed by atoms with E-state index in [9.17, 15) is 9.59 Å². The predicted octanol–water partition coefficient (Wildman–Crippen LogP) is 2.05. The van der Waals surface area contributed by atoms with E-state index in [1.165, 1.54) is 12.1 Å². The molecular formula is C12H7ClN2O4. The number of aromatic carboxylic acids is 1. The largest absolute Gasteiger partial charge is 0.476 e. The van der Waals surface area contributed by atoms with Gasteiger partial charge in [0.05, 0.1) is 12.4 Å². The number of benzene rings is 1. The first kappa shape index (κ1) is 13.0. The molecule has 96 valence electrons. The van der Waals surface area contributed by atoms with Crippen molar-refractivity contribution in [2.75, 3.05) is 0 Å². The van der Waals surface area contributed by atoms with Crippen LogP contribution < -0.4 is 4.74 Å². The molecule has 2 rings (SSSR count). The maximum atomic E-state index is 11.7. The van der Waals surface area contributed by atoms with Crippen molar-refractivity contribution in [2.45, 2.75) is 0 Å². The number of hydrogen-bond donors (Lipinski definition) is 1. The van der Waals surface area contributed by atoms with Crippen molar-refractivity contribution in [2.24, 2.45) is 0 Å². The molecule has 0 radical (unpaired) electrons. The molecule has 0 aliphatic rings. The summed E-state index contributed by atoms with van der Waals surface area (Å²) in [7, 11) is 0. The van der Waals surface area contributed by atoms with Crippen molar-refractivity contribution < 1.29 is 19.4 Å². The number of carboxylic acid groups (broad SMARTS) is 1. The summed E-state index contributed by atoms with van der Waals surface area (Å²) in [6.07, 6.45) is 2.03. The Labute approximate surface area is 112 Å². The van der Waals surface area contributed by atoms with Crippen molar-refractivity contribution in [1.82, 2.24) is 9.97 Å². The first-order valence-corrected chi connectivity index (χ1v) is 5.47. The number of hydrogen-bond acceptors (Lipinski definition) is 5. The predicted molar refractivity (Wildman–Crippen MR) is 65.4 cm³/mol. The fourth-order valence-electron chi connectivity index (χ4n) is 1.21. The van der Waals surface area contributed by atoms with Crippen LogP contribution in [-0.4, -0.2) is 27.0 Å². The molecule has 0 fully saturated rings. The van der Waals surface area contributed by atoms with Gasteiger partial charge in [-0.25, -0.2) is 19.6 Å². The van der Waals surface area contributed by atoms with Gasteiger partial charge in [-0.3, -0.25) is 0 Å². The molecule has 0 aliphatic carbocycles. The first-order valence-electron chi connectivity index (χ1n) is 5.09. The third-order valence-corrected chi connectivity index (χ3v) is 2.36. The first-order chi connectivity index (χ1) is 9.06. The maximum Gasteiger partial charge on any atom is 0.363 e. The van der Waals surface area contributed by atoms with E-state index in [4.69, 9.17) is 21.4 Å². The number of carbonyl (C=O) groups excluding carboxylic acids is 1. The molecule has 1 aromatic heterocycles. The highest BCUT2D eigenvalue weighted by Gasteiger charge is 2.12. The van der Waals surface area contributed by atoms with Crippen molar-refractivity contribution in [1.29, 1.82) is 0 Å². The van der Waals surface area contributed by atoms with Crippen molar-refractivity contribution >= 4 is 23.5 Å². The molecular weight excluding hydrogens is 272 g/mol. The minimum absolute atomic E-state index is 0.0834. The SMILES string of the molecule is O=C(O)c1cnc(C(=O)Oc2ccc(Cl)cc2)cn1. The van der Waals surface area contributed by atoms with Gasteiger partial charge in [-0.05, 0) is 24.3 Å². The van der Waals surface area contributed by atoms with Gasteiger partial charge in [0.2, 0.25) is 0 Å². The second-order valence-electron chi connectivity index (χ2n) is 3.44. The van der Waals surface area contributed by atoms with E-state index in [2.05, 4.69) is 9.97 Å². The highest BCUT2D eigenvalue weighted by molar-refractivity contribution is 6.30. The molecule has 1 N–H and O–H groups in total. The van der Waals surface area contributed by atoms with Crippen LogP contribution >= 0.6 is 11.6 Å². The van der Waals surface area contributed by atoms with Crippen LogP contribution in [0.4, 0.5) is 0 Å². The van der Waals surface area contributed by atoms with Gasteiger partial charge in [0, 0.05) is 5.02 Å². The number of aromatic nitrogens is 2. The summed E-state index contributed by atoms with van der Waals surface area (Å²) in [6, 6.07) is 6.20. The molecule has 2 aromatic rings. The Bertz CT molecular complexity index is 611. The van der Waals surface area contributed by atoms with Crippen molar-refractivity contribution in [3.8, 4) is 5.75 Å². The second-order valence-corrected chi connectivity index (χ2v) is 3.87. The quantitative estimate of drug-likeness (QED) is 0.683. The van der Waals surface area contributed by atoms with Gasteiger partial charge in [0.25, 0.3) is 0 Å². The molecule has 0 saturated heterocycles. The lowest BCUT2D eigenvalue weighted by atomic mass is 10.3. The van der Waals surface area contributed by atoms with Crippen LogP contribution in [0.25, 0.3) is 0 Å². The number of carbonyl (C=O) groups is 2. The van der Waals surface area contributed by atoms with Crippen LogP contribution in [0.15, 0.2) is 36.7 Å². The van der Waals surface area contributed by atoms with Gasteiger partial charge in [-0.1, -0.05) is 11.6 Å². The zero-order valence-corrected chi connectivity index (χ0v) is 10.2. The lowest BCUT2D eigenvalue weighted by molar-refractivity contribution is 0.0682. The molecule has 0 unspecified atom stereocenters. The summed E-state index contributed by atoms with van der Waals surface area (Å²) >= 11 is 5.69. The average molecular weight is 279 g/mol. The fraction of sp³-hybridized carbons (Fsp3) is 0. The highest BCUT2D eigenvalue weighted by Crippen LogP contribution is 2.16. The molecule has 19 heavy (non-hydrogen) atoms. The van der Waals surface area contributed by atoms with E-state index in [1.807, 2.05) is 0 Å². The minimum Gasteiger partial charge on any atom is -0.476 e. The van der Waals surface area contributed by atoms with Gasteiger partial charge in [-0.2, -0.15) is 0 Å². The fourth-order valence-corrected chi connectivity index (χ4v) is 1.33. The van der Waals surface area contributed by atoms with Crippen molar-refractivity contribution in [3.05, 3.63) is 53.1 Å². The van der Waals surface area contributed by atoms with Gasteiger partial charge in [0.1, 0.15) is 5.75 Å². The molecule has 1 heterocycles. The number of esters is 1. The third kappa shape index (κ3) is 3.26. The Morgan fingerprint density at radius 1 is 1.05 bits per heavy atom. The number of rotatable bonds is 3. The van der Waals surface area contributed by atoms with E-state index in [1.54, 1.807) is 12.1 Å². The molecule has 0 atom stereocenters. The summed E-state index contributed by atoms with van der Waals surface area (Å²) in [5.41, 5.74) is -0.331. The molecule has 7 heteroatoms. The average Bonchev–Trinajstić information content (AvgIpc) is 2.41.